The van der Waals surface area contributed by atoms with Gasteiger partial charge in [-0.05, 0) is 12.1 Å². The standard InChI is InChI=1S/C12H19ClN2O4S/c1-15(4-5-18-2)20(16,17)11-7-10(13)6-9(8-14)12(11)19-3/h6-7H,4-5,8,14H2,1-3H3. The lowest BCUT2D eigenvalue weighted by atomic mass is 10.2. The van der Waals surface area contributed by atoms with Gasteiger partial charge in [0.2, 0.25) is 10.0 Å². The Labute approximate surface area is 124 Å². The highest BCUT2D eigenvalue weighted by molar-refractivity contribution is 7.89. The van der Waals surface area contributed by atoms with Crippen molar-refractivity contribution in [2.45, 2.75) is 11.4 Å². The summed E-state index contributed by atoms with van der Waals surface area (Å²) in [6, 6.07) is 2.95. The Hall–Kier alpha value is -0.860. The van der Waals surface area contributed by atoms with Gasteiger partial charge in [0.15, 0.2) is 0 Å². The fourth-order valence-electron chi connectivity index (χ4n) is 1.71. The van der Waals surface area contributed by atoms with Crippen LogP contribution in [0.15, 0.2) is 17.0 Å². The molecule has 0 spiro atoms. The number of likely N-dealkylation sites (N-methyl/N-ethyl adjacent to an activating group) is 1. The van der Waals surface area contributed by atoms with E-state index >= 15 is 0 Å². The molecule has 1 aromatic carbocycles. The first-order valence-corrected chi connectivity index (χ1v) is 7.72. The van der Waals surface area contributed by atoms with E-state index in [4.69, 9.17) is 26.8 Å². The van der Waals surface area contributed by atoms with Gasteiger partial charge in [0.25, 0.3) is 0 Å². The Morgan fingerprint density at radius 3 is 2.50 bits per heavy atom. The number of halogens is 1. The first-order chi connectivity index (χ1) is 9.38. The molecule has 2 N–H and O–H groups in total. The lowest BCUT2D eigenvalue weighted by Gasteiger charge is -2.20. The fraction of sp³-hybridized carbons (Fsp3) is 0.500. The molecule has 0 amide bonds. The second-order valence-electron chi connectivity index (χ2n) is 4.12. The summed E-state index contributed by atoms with van der Waals surface area (Å²) in [4.78, 5) is 0.00607. The Bertz CT molecular complexity index is 563. The van der Waals surface area contributed by atoms with Crippen molar-refractivity contribution >= 4 is 21.6 Å². The number of nitrogens with two attached hydrogens (primary N) is 1. The summed E-state index contributed by atoms with van der Waals surface area (Å²) in [5.74, 6) is 0.223. The van der Waals surface area contributed by atoms with Crippen molar-refractivity contribution in [3.63, 3.8) is 0 Å². The molecule has 0 radical (unpaired) electrons. The number of nitrogens with zero attached hydrogens (tertiary/aromatic N) is 1. The predicted molar refractivity (Wildman–Crippen MR) is 77.6 cm³/mol. The molecule has 0 aliphatic heterocycles. The van der Waals surface area contributed by atoms with Crippen LogP contribution < -0.4 is 10.5 Å². The molecular formula is C12H19ClN2O4S. The van der Waals surface area contributed by atoms with Crippen LogP contribution in [0, 0.1) is 0 Å². The third kappa shape index (κ3) is 3.62. The van der Waals surface area contributed by atoms with Crippen LogP contribution in [0.3, 0.4) is 0 Å². The summed E-state index contributed by atoms with van der Waals surface area (Å²) < 4.78 is 36.3. The molecule has 8 heteroatoms. The van der Waals surface area contributed by atoms with Crippen LogP contribution in [0.25, 0.3) is 0 Å². The van der Waals surface area contributed by atoms with Gasteiger partial charge in [-0.25, -0.2) is 8.42 Å². The van der Waals surface area contributed by atoms with E-state index in [1.807, 2.05) is 0 Å². The summed E-state index contributed by atoms with van der Waals surface area (Å²) >= 11 is 5.95. The van der Waals surface area contributed by atoms with Crippen LogP contribution >= 0.6 is 11.6 Å². The van der Waals surface area contributed by atoms with Gasteiger partial charge in [-0.1, -0.05) is 11.6 Å². The first-order valence-electron chi connectivity index (χ1n) is 5.90. The quantitative estimate of drug-likeness (QED) is 0.812. The molecule has 0 saturated heterocycles. The molecule has 0 aliphatic rings. The molecule has 1 rings (SSSR count). The number of hydrogen-bond donors (Lipinski definition) is 1. The monoisotopic (exact) mass is 322 g/mol. The van der Waals surface area contributed by atoms with Crippen LogP contribution in [-0.2, 0) is 21.3 Å². The van der Waals surface area contributed by atoms with E-state index in [-0.39, 0.29) is 23.7 Å². The van der Waals surface area contributed by atoms with Gasteiger partial charge in [0, 0.05) is 37.8 Å². The summed E-state index contributed by atoms with van der Waals surface area (Å²) in [6.07, 6.45) is 0. The van der Waals surface area contributed by atoms with Gasteiger partial charge < -0.3 is 15.2 Å². The van der Waals surface area contributed by atoms with E-state index in [9.17, 15) is 8.42 Å². The highest BCUT2D eigenvalue weighted by Gasteiger charge is 2.26. The molecule has 114 valence electrons. The Morgan fingerprint density at radius 1 is 1.35 bits per heavy atom. The van der Waals surface area contributed by atoms with Crippen LogP contribution in [0.2, 0.25) is 5.02 Å². The van der Waals surface area contributed by atoms with Gasteiger partial charge in [-0.15, -0.1) is 0 Å². The molecule has 0 atom stereocenters. The van der Waals surface area contributed by atoms with Crippen molar-refractivity contribution in [1.29, 1.82) is 0 Å². The van der Waals surface area contributed by atoms with Crippen molar-refractivity contribution in [2.24, 2.45) is 5.73 Å². The number of rotatable bonds is 7. The lowest BCUT2D eigenvalue weighted by molar-refractivity contribution is 0.185. The second kappa shape index (κ2) is 7.24. The molecule has 0 bridgehead atoms. The first kappa shape index (κ1) is 17.2. The van der Waals surface area contributed by atoms with Crippen LogP contribution in [-0.4, -0.2) is 47.1 Å². The van der Waals surface area contributed by atoms with Crippen LogP contribution in [0.1, 0.15) is 5.56 Å². The molecule has 1 aromatic rings. The van der Waals surface area contributed by atoms with Gasteiger partial charge in [0.1, 0.15) is 10.6 Å². The zero-order chi connectivity index (χ0) is 15.3. The van der Waals surface area contributed by atoms with Crippen molar-refractivity contribution in [1.82, 2.24) is 4.31 Å². The predicted octanol–water partition coefficient (Wildman–Crippen LogP) is 1.07. The molecule has 0 aromatic heterocycles. The zero-order valence-electron chi connectivity index (χ0n) is 11.7. The Morgan fingerprint density at radius 2 is 2.00 bits per heavy atom. The van der Waals surface area contributed by atoms with E-state index in [0.717, 1.165) is 0 Å². The van der Waals surface area contributed by atoms with Crippen LogP contribution in [0.5, 0.6) is 5.75 Å². The average Bonchev–Trinajstić information content (AvgIpc) is 2.43. The Balaban J connectivity index is 3.33. The highest BCUT2D eigenvalue weighted by Crippen LogP contribution is 2.33. The molecule has 20 heavy (non-hydrogen) atoms. The number of methoxy groups -OCH3 is 2. The van der Waals surface area contributed by atoms with Crippen molar-refractivity contribution in [2.75, 3.05) is 34.4 Å². The van der Waals surface area contributed by atoms with E-state index in [0.29, 0.717) is 17.2 Å². The minimum absolute atomic E-state index is 0.00607. The normalized spacial score (nSPS) is 11.9. The van der Waals surface area contributed by atoms with Gasteiger partial charge in [-0.2, -0.15) is 4.31 Å². The number of hydrogen-bond acceptors (Lipinski definition) is 5. The maximum atomic E-state index is 12.5. The van der Waals surface area contributed by atoms with Crippen molar-refractivity contribution < 1.29 is 17.9 Å². The van der Waals surface area contributed by atoms with E-state index in [1.54, 1.807) is 6.07 Å². The second-order valence-corrected chi connectivity index (χ2v) is 6.57. The third-order valence-corrected chi connectivity index (χ3v) is 4.90. The topological polar surface area (TPSA) is 81.9 Å². The van der Waals surface area contributed by atoms with Gasteiger partial charge in [0.05, 0.1) is 13.7 Å². The number of sulfonamides is 1. The van der Waals surface area contributed by atoms with E-state index < -0.39 is 10.0 Å². The maximum Gasteiger partial charge on any atom is 0.246 e. The molecule has 0 unspecified atom stereocenters. The SMILES string of the molecule is COCCN(C)S(=O)(=O)c1cc(Cl)cc(CN)c1OC. The van der Waals surface area contributed by atoms with Crippen molar-refractivity contribution in [3.05, 3.63) is 22.7 Å². The lowest BCUT2D eigenvalue weighted by Crippen LogP contribution is -2.30. The largest absolute Gasteiger partial charge is 0.495 e. The fourth-order valence-corrected chi connectivity index (χ4v) is 3.39. The van der Waals surface area contributed by atoms with Crippen molar-refractivity contribution in [3.8, 4) is 5.75 Å². The maximum absolute atomic E-state index is 12.5. The van der Waals surface area contributed by atoms with Gasteiger partial charge >= 0.3 is 0 Å². The Kier molecular flexibility index (Phi) is 6.22. The smallest absolute Gasteiger partial charge is 0.246 e. The zero-order valence-corrected chi connectivity index (χ0v) is 13.3. The molecular weight excluding hydrogens is 304 g/mol. The highest BCUT2D eigenvalue weighted by atomic mass is 35.5. The molecule has 0 heterocycles. The summed E-state index contributed by atoms with van der Waals surface area (Å²) in [6.45, 7) is 0.656. The summed E-state index contributed by atoms with van der Waals surface area (Å²) in [5.41, 5.74) is 6.14. The molecule has 0 aliphatic carbocycles. The minimum Gasteiger partial charge on any atom is -0.495 e. The van der Waals surface area contributed by atoms with E-state index in [1.165, 1.54) is 31.6 Å². The van der Waals surface area contributed by atoms with E-state index in [2.05, 4.69) is 0 Å². The number of ether oxygens (including phenoxy) is 2. The molecule has 6 nitrogen and oxygen atoms in total. The summed E-state index contributed by atoms with van der Waals surface area (Å²) in [5, 5.41) is 0.296. The third-order valence-electron chi connectivity index (χ3n) is 2.82. The van der Waals surface area contributed by atoms with Gasteiger partial charge in [-0.3, -0.25) is 0 Å². The average molecular weight is 323 g/mol. The molecule has 0 saturated carbocycles. The molecule has 0 fully saturated rings. The van der Waals surface area contributed by atoms with Crippen LogP contribution in [0.4, 0.5) is 0 Å². The summed E-state index contributed by atoms with van der Waals surface area (Å²) in [7, 11) is 0.655. The number of benzene rings is 1. The minimum atomic E-state index is -3.72.